The maximum Gasteiger partial charge on any atom is 0.293 e. The second-order valence-corrected chi connectivity index (χ2v) is 6.50. The van der Waals surface area contributed by atoms with Gasteiger partial charge < -0.3 is 5.32 Å². The Labute approximate surface area is 162 Å². The molecule has 0 fully saturated rings. The highest BCUT2D eigenvalue weighted by molar-refractivity contribution is 6.10. The fraction of sp³-hybridized carbons (Fsp3) is 0.0909. The molecule has 1 aromatic heterocycles. The summed E-state index contributed by atoms with van der Waals surface area (Å²) < 4.78 is 1.69. The van der Waals surface area contributed by atoms with Crippen LogP contribution in [0.25, 0.3) is 0 Å². The molecule has 2 amide bonds. The smallest absolute Gasteiger partial charge is 0.293 e. The van der Waals surface area contributed by atoms with Gasteiger partial charge in [0.15, 0.2) is 18.2 Å². The van der Waals surface area contributed by atoms with Gasteiger partial charge in [-0.1, -0.05) is 42.5 Å². The van der Waals surface area contributed by atoms with Crippen LogP contribution >= 0.6 is 0 Å². The number of carbonyl (C=O) groups is 3. The van der Waals surface area contributed by atoms with E-state index in [1.54, 1.807) is 53.4 Å². The molecule has 3 aromatic rings. The Balaban J connectivity index is 1.50. The first-order chi connectivity index (χ1) is 13.6. The molecule has 0 bridgehead atoms. The molecule has 0 aliphatic carbocycles. The normalized spacial score (nSPS) is 12.9. The molecule has 0 atom stereocenters. The highest BCUT2D eigenvalue weighted by Gasteiger charge is 2.28. The standard InChI is InChI=1S/C22H17N3O3/c26-20-14-25(19-9-5-4-8-18(19)23-20)21(27)15-24-12-10-17(11-13-24)22(28)16-6-2-1-3-7-16/h1-13H,14-15H2/p+1. The second kappa shape index (κ2) is 7.44. The molecule has 4 rings (SSSR count). The molecular formula is C22H18N3O3+. The number of hydrogen-bond donors (Lipinski definition) is 1. The van der Waals surface area contributed by atoms with Gasteiger partial charge in [0.1, 0.15) is 6.54 Å². The fourth-order valence-electron chi connectivity index (χ4n) is 3.17. The number of ketones is 1. The van der Waals surface area contributed by atoms with E-state index in [2.05, 4.69) is 5.32 Å². The van der Waals surface area contributed by atoms with E-state index < -0.39 is 0 Å². The van der Waals surface area contributed by atoms with Gasteiger partial charge in [-0.2, -0.15) is 4.57 Å². The molecule has 6 heteroatoms. The lowest BCUT2D eigenvalue weighted by molar-refractivity contribution is -0.684. The molecule has 2 heterocycles. The summed E-state index contributed by atoms with van der Waals surface area (Å²) in [4.78, 5) is 38.6. The van der Waals surface area contributed by atoms with Crippen molar-refractivity contribution in [3.8, 4) is 0 Å². The Kier molecular flexibility index (Phi) is 4.68. The zero-order valence-corrected chi connectivity index (χ0v) is 15.0. The first-order valence-electron chi connectivity index (χ1n) is 8.90. The first kappa shape index (κ1) is 17.6. The minimum Gasteiger partial charge on any atom is -0.323 e. The van der Waals surface area contributed by atoms with Crippen LogP contribution in [0.15, 0.2) is 79.1 Å². The number of nitrogens with one attached hydrogen (secondary N) is 1. The van der Waals surface area contributed by atoms with Gasteiger partial charge in [-0.15, -0.1) is 0 Å². The molecule has 0 saturated carbocycles. The summed E-state index contributed by atoms with van der Waals surface area (Å²) in [6.07, 6.45) is 3.40. The fourth-order valence-corrected chi connectivity index (χ4v) is 3.17. The summed E-state index contributed by atoms with van der Waals surface area (Å²) in [5.74, 6) is -0.490. The van der Waals surface area contributed by atoms with Crippen molar-refractivity contribution in [1.29, 1.82) is 0 Å². The topological polar surface area (TPSA) is 70.4 Å². The zero-order valence-electron chi connectivity index (χ0n) is 15.0. The molecule has 0 saturated heterocycles. The van der Waals surface area contributed by atoms with Gasteiger partial charge in [0.2, 0.25) is 12.5 Å². The van der Waals surface area contributed by atoms with Crippen molar-refractivity contribution >= 4 is 29.0 Å². The molecule has 0 unspecified atom stereocenters. The molecule has 6 nitrogen and oxygen atoms in total. The summed E-state index contributed by atoms with van der Waals surface area (Å²) >= 11 is 0. The summed E-state index contributed by atoms with van der Waals surface area (Å²) in [6.45, 7) is 0.0579. The van der Waals surface area contributed by atoms with Crippen LogP contribution < -0.4 is 14.8 Å². The maximum atomic E-state index is 12.8. The predicted molar refractivity (Wildman–Crippen MR) is 104 cm³/mol. The van der Waals surface area contributed by atoms with Gasteiger partial charge in [-0.25, -0.2) is 0 Å². The van der Waals surface area contributed by atoms with E-state index in [1.165, 1.54) is 4.90 Å². The van der Waals surface area contributed by atoms with Crippen LogP contribution in [0.2, 0.25) is 0 Å². The zero-order chi connectivity index (χ0) is 19.5. The largest absolute Gasteiger partial charge is 0.323 e. The minimum absolute atomic E-state index is 0.0129. The summed E-state index contributed by atoms with van der Waals surface area (Å²) in [6, 6.07) is 19.6. The van der Waals surface area contributed by atoms with Crippen LogP contribution in [-0.2, 0) is 16.1 Å². The highest BCUT2D eigenvalue weighted by atomic mass is 16.2. The number of pyridine rings is 1. The highest BCUT2D eigenvalue weighted by Crippen LogP contribution is 2.28. The monoisotopic (exact) mass is 372 g/mol. The van der Waals surface area contributed by atoms with Crippen molar-refractivity contribution in [2.45, 2.75) is 6.54 Å². The Morgan fingerprint density at radius 2 is 1.54 bits per heavy atom. The lowest BCUT2D eigenvalue weighted by Gasteiger charge is -2.28. The number of para-hydroxylation sites is 2. The van der Waals surface area contributed by atoms with Crippen molar-refractivity contribution in [1.82, 2.24) is 0 Å². The third-order valence-electron chi connectivity index (χ3n) is 4.58. The lowest BCUT2D eigenvalue weighted by Crippen LogP contribution is -2.49. The Hall–Kier alpha value is -3.80. The molecule has 1 N–H and O–H groups in total. The summed E-state index contributed by atoms with van der Waals surface area (Å²) in [5.41, 5.74) is 2.48. The van der Waals surface area contributed by atoms with Gasteiger partial charge in [-0.05, 0) is 12.1 Å². The van der Waals surface area contributed by atoms with Crippen LogP contribution in [0.4, 0.5) is 11.4 Å². The number of rotatable bonds is 4. The Morgan fingerprint density at radius 3 is 2.29 bits per heavy atom. The maximum absolute atomic E-state index is 12.8. The second-order valence-electron chi connectivity index (χ2n) is 6.50. The first-order valence-corrected chi connectivity index (χ1v) is 8.90. The molecule has 28 heavy (non-hydrogen) atoms. The van der Waals surface area contributed by atoms with Gasteiger partial charge in [0.05, 0.1) is 11.4 Å². The summed E-state index contributed by atoms with van der Waals surface area (Å²) in [7, 11) is 0. The van der Waals surface area contributed by atoms with Crippen LogP contribution in [0.5, 0.6) is 0 Å². The van der Waals surface area contributed by atoms with Crippen LogP contribution in [0.3, 0.4) is 0 Å². The third kappa shape index (κ3) is 3.53. The number of amides is 2. The van der Waals surface area contributed by atoms with E-state index in [1.807, 2.05) is 30.3 Å². The van der Waals surface area contributed by atoms with E-state index in [-0.39, 0.29) is 30.7 Å². The van der Waals surface area contributed by atoms with Gasteiger partial charge in [0.25, 0.3) is 5.91 Å². The molecule has 2 aromatic carbocycles. The van der Waals surface area contributed by atoms with Crippen molar-refractivity contribution in [3.05, 3.63) is 90.3 Å². The number of anilines is 2. The Bertz CT molecular complexity index is 1050. The quantitative estimate of drug-likeness (QED) is 0.564. The van der Waals surface area contributed by atoms with Gasteiger partial charge in [-0.3, -0.25) is 19.3 Å². The van der Waals surface area contributed by atoms with E-state index in [4.69, 9.17) is 0 Å². The molecule has 1 aliphatic rings. The number of carbonyl (C=O) groups excluding carboxylic acids is 3. The van der Waals surface area contributed by atoms with E-state index in [0.717, 1.165) is 0 Å². The average molecular weight is 372 g/mol. The summed E-state index contributed by atoms with van der Waals surface area (Å²) in [5, 5.41) is 2.77. The number of hydrogen-bond acceptors (Lipinski definition) is 3. The average Bonchev–Trinajstić information content (AvgIpc) is 2.73. The van der Waals surface area contributed by atoms with Crippen LogP contribution in [-0.4, -0.2) is 24.1 Å². The SMILES string of the molecule is O=C1CN(C(=O)C[n+]2ccc(C(=O)c3ccccc3)cc2)c2ccccc2N1. The molecule has 0 radical (unpaired) electrons. The van der Waals surface area contributed by atoms with Crippen molar-refractivity contribution < 1.29 is 19.0 Å². The Morgan fingerprint density at radius 1 is 0.893 bits per heavy atom. The third-order valence-corrected chi connectivity index (χ3v) is 4.58. The van der Waals surface area contributed by atoms with E-state index >= 15 is 0 Å². The van der Waals surface area contributed by atoms with E-state index in [0.29, 0.717) is 22.5 Å². The lowest BCUT2D eigenvalue weighted by atomic mass is 10.0. The van der Waals surface area contributed by atoms with Gasteiger partial charge >= 0.3 is 0 Å². The molecular weight excluding hydrogens is 354 g/mol. The van der Waals surface area contributed by atoms with Crippen molar-refractivity contribution in [3.63, 3.8) is 0 Å². The molecule has 138 valence electrons. The number of fused-ring (bicyclic) bond motifs is 1. The minimum atomic E-state index is -0.221. The van der Waals surface area contributed by atoms with Crippen LogP contribution in [0.1, 0.15) is 15.9 Å². The van der Waals surface area contributed by atoms with Crippen molar-refractivity contribution in [2.75, 3.05) is 16.8 Å². The van der Waals surface area contributed by atoms with Crippen molar-refractivity contribution in [2.24, 2.45) is 0 Å². The van der Waals surface area contributed by atoms with Crippen LogP contribution in [0, 0.1) is 0 Å². The predicted octanol–water partition coefficient (Wildman–Crippen LogP) is 2.19. The number of benzene rings is 2. The molecule has 0 spiro atoms. The van der Waals surface area contributed by atoms with Gasteiger partial charge in [0, 0.05) is 23.3 Å². The molecule has 1 aliphatic heterocycles. The number of aromatic nitrogens is 1. The number of nitrogens with zero attached hydrogens (tertiary/aromatic N) is 2. The van der Waals surface area contributed by atoms with E-state index in [9.17, 15) is 14.4 Å².